The molecule has 2 atom stereocenters. The highest BCUT2D eigenvalue weighted by Gasteiger charge is 2.20. The van der Waals surface area contributed by atoms with Gasteiger partial charge >= 0.3 is 0 Å². The lowest BCUT2D eigenvalue weighted by atomic mass is 10.2. The molecule has 2 rings (SSSR count). The SMILES string of the molecule is CC(CN1CCCC1)NC(=O)CC1CNCCO1. The number of carbonyl (C=O) groups is 1. The zero-order chi connectivity index (χ0) is 12.8. The summed E-state index contributed by atoms with van der Waals surface area (Å²) in [7, 11) is 0. The molecule has 5 heteroatoms. The third-order valence-corrected chi connectivity index (χ3v) is 3.56. The van der Waals surface area contributed by atoms with Crippen molar-refractivity contribution < 1.29 is 9.53 Å². The molecule has 0 aliphatic carbocycles. The molecular formula is C13H25N3O2. The quantitative estimate of drug-likeness (QED) is 0.724. The van der Waals surface area contributed by atoms with Gasteiger partial charge < -0.3 is 20.3 Å². The number of hydrogen-bond acceptors (Lipinski definition) is 4. The lowest BCUT2D eigenvalue weighted by Crippen LogP contribution is -2.45. The van der Waals surface area contributed by atoms with E-state index in [2.05, 4.69) is 22.5 Å². The highest BCUT2D eigenvalue weighted by Crippen LogP contribution is 2.08. The molecule has 0 aromatic carbocycles. The van der Waals surface area contributed by atoms with E-state index in [0.717, 1.165) is 19.6 Å². The summed E-state index contributed by atoms with van der Waals surface area (Å²) in [4.78, 5) is 14.3. The smallest absolute Gasteiger partial charge is 0.222 e. The van der Waals surface area contributed by atoms with Crippen LogP contribution in [0.2, 0.25) is 0 Å². The van der Waals surface area contributed by atoms with Crippen molar-refractivity contribution in [3.05, 3.63) is 0 Å². The van der Waals surface area contributed by atoms with Gasteiger partial charge in [-0.25, -0.2) is 0 Å². The first-order chi connectivity index (χ1) is 8.74. The second-order valence-electron chi connectivity index (χ2n) is 5.38. The van der Waals surface area contributed by atoms with Gasteiger partial charge in [-0.05, 0) is 32.9 Å². The first kappa shape index (κ1) is 13.8. The number of nitrogens with one attached hydrogen (secondary N) is 2. The van der Waals surface area contributed by atoms with Gasteiger partial charge in [-0.3, -0.25) is 4.79 Å². The molecule has 2 heterocycles. The van der Waals surface area contributed by atoms with Gasteiger partial charge in [-0.2, -0.15) is 0 Å². The van der Waals surface area contributed by atoms with E-state index in [1.165, 1.54) is 25.9 Å². The molecule has 2 fully saturated rings. The minimum absolute atomic E-state index is 0.0396. The van der Waals surface area contributed by atoms with Crippen molar-refractivity contribution in [1.29, 1.82) is 0 Å². The number of ether oxygens (including phenoxy) is 1. The molecule has 1 amide bonds. The average molecular weight is 255 g/mol. The van der Waals surface area contributed by atoms with Crippen LogP contribution in [0.3, 0.4) is 0 Å². The summed E-state index contributed by atoms with van der Waals surface area (Å²) in [6.07, 6.45) is 3.10. The van der Waals surface area contributed by atoms with Crippen LogP contribution < -0.4 is 10.6 Å². The molecular weight excluding hydrogens is 230 g/mol. The van der Waals surface area contributed by atoms with Crippen LogP contribution >= 0.6 is 0 Å². The van der Waals surface area contributed by atoms with Gasteiger partial charge in [0.1, 0.15) is 0 Å². The highest BCUT2D eigenvalue weighted by molar-refractivity contribution is 5.76. The van der Waals surface area contributed by atoms with Gasteiger partial charge in [0.25, 0.3) is 0 Å². The lowest BCUT2D eigenvalue weighted by Gasteiger charge is -2.25. The van der Waals surface area contributed by atoms with Crippen molar-refractivity contribution in [3.8, 4) is 0 Å². The molecule has 2 unspecified atom stereocenters. The van der Waals surface area contributed by atoms with E-state index >= 15 is 0 Å². The van der Waals surface area contributed by atoms with E-state index < -0.39 is 0 Å². The Balaban J connectivity index is 1.62. The molecule has 0 spiro atoms. The minimum atomic E-state index is 0.0396. The zero-order valence-electron chi connectivity index (χ0n) is 11.3. The van der Waals surface area contributed by atoms with Crippen molar-refractivity contribution in [1.82, 2.24) is 15.5 Å². The molecule has 0 aromatic heterocycles. The second kappa shape index (κ2) is 7.07. The third kappa shape index (κ3) is 4.55. The summed E-state index contributed by atoms with van der Waals surface area (Å²) in [5.41, 5.74) is 0. The number of likely N-dealkylation sites (tertiary alicyclic amines) is 1. The molecule has 2 aliphatic heterocycles. The number of hydrogen-bond donors (Lipinski definition) is 2. The van der Waals surface area contributed by atoms with E-state index in [4.69, 9.17) is 4.74 Å². The second-order valence-corrected chi connectivity index (χ2v) is 5.38. The molecule has 2 N–H and O–H groups in total. The lowest BCUT2D eigenvalue weighted by molar-refractivity contribution is -0.125. The van der Waals surface area contributed by atoms with Gasteiger partial charge in [0.2, 0.25) is 5.91 Å². The van der Waals surface area contributed by atoms with Gasteiger partial charge in [-0.15, -0.1) is 0 Å². The molecule has 0 radical (unpaired) electrons. The van der Waals surface area contributed by atoms with Crippen molar-refractivity contribution in [2.45, 2.75) is 38.3 Å². The molecule has 2 aliphatic rings. The topological polar surface area (TPSA) is 53.6 Å². The number of rotatable bonds is 5. The maximum Gasteiger partial charge on any atom is 0.222 e. The Morgan fingerprint density at radius 3 is 2.94 bits per heavy atom. The predicted molar refractivity (Wildman–Crippen MR) is 70.5 cm³/mol. The Morgan fingerprint density at radius 1 is 1.50 bits per heavy atom. The maximum atomic E-state index is 11.9. The Hall–Kier alpha value is -0.650. The van der Waals surface area contributed by atoms with Crippen LogP contribution in [0.1, 0.15) is 26.2 Å². The average Bonchev–Trinajstić information content (AvgIpc) is 2.82. The third-order valence-electron chi connectivity index (χ3n) is 3.56. The van der Waals surface area contributed by atoms with E-state index in [9.17, 15) is 4.79 Å². The molecule has 5 nitrogen and oxygen atoms in total. The Labute approximate surface area is 109 Å². The van der Waals surface area contributed by atoms with Crippen LogP contribution in [0.25, 0.3) is 0 Å². The fraction of sp³-hybridized carbons (Fsp3) is 0.923. The predicted octanol–water partition coefficient (Wildman–Crippen LogP) is -0.0346. The Bertz CT molecular complexity index is 261. The van der Waals surface area contributed by atoms with E-state index in [-0.39, 0.29) is 18.1 Å². The van der Waals surface area contributed by atoms with Gasteiger partial charge in [0.05, 0.1) is 19.1 Å². The van der Waals surface area contributed by atoms with Gasteiger partial charge in [0.15, 0.2) is 0 Å². The van der Waals surface area contributed by atoms with Crippen LogP contribution in [-0.2, 0) is 9.53 Å². The van der Waals surface area contributed by atoms with Crippen LogP contribution in [0.5, 0.6) is 0 Å². The first-order valence-corrected chi connectivity index (χ1v) is 7.08. The molecule has 0 aromatic rings. The summed E-state index contributed by atoms with van der Waals surface area (Å²) in [6, 6.07) is 0.229. The Morgan fingerprint density at radius 2 is 2.28 bits per heavy atom. The number of amides is 1. The molecule has 2 saturated heterocycles. The summed E-state index contributed by atoms with van der Waals surface area (Å²) in [5, 5.41) is 6.30. The molecule has 18 heavy (non-hydrogen) atoms. The number of carbonyl (C=O) groups excluding carboxylic acids is 1. The zero-order valence-corrected chi connectivity index (χ0v) is 11.3. The van der Waals surface area contributed by atoms with Crippen molar-refractivity contribution in [2.24, 2.45) is 0 Å². The van der Waals surface area contributed by atoms with Crippen LogP contribution in [0, 0.1) is 0 Å². The van der Waals surface area contributed by atoms with Crippen molar-refractivity contribution in [3.63, 3.8) is 0 Å². The van der Waals surface area contributed by atoms with Crippen LogP contribution in [0.4, 0.5) is 0 Å². The summed E-state index contributed by atoms with van der Waals surface area (Å²) >= 11 is 0. The van der Waals surface area contributed by atoms with Crippen LogP contribution in [-0.4, -0.2) is 62.3 Å². The maximum absolute atomic E-state index is 11.9. The summed E-state index contributed by atoms with van der Waals surface area (Å²) in [6.45, 7) is 7.79. The van der Waals surface area contributed by atoms with Crippen molar-refractivity contribution in [2.75, 3.05) is 39.3 Å². The van der Waals surface area contributed by atoms with E-state index in [0.29, 0.717) is 13.0 Å². The van der Waals surface area contributed by atoms with Gasteiger partial charge in [0, 0.05) is 25.7 Å². The highest BCUT2D eigenvalue weighted by atomic mass is 16.5. The largest absolute Gasteiger partial charge is 0.375 e. The van der Waals surface area contributed by atoms with Gasteiger partial charge in [-0.1, -0.05) is 0 Å². The number of nitrogens with zero attached hydrogens (tertiary/aromatic N) is 1. The molecule has 104 valence electrons. The van der Waals surface area contributed by atoms with E-state index in [1.807, 2.05) is 0 Å². The first-order valence-electron chi connectivity index (χ1n) is 7.08. The fourth-order valence-electron chi connectivity index (χ4n) is 2.69. The fourth-order valence-corrected chi connectivity index (χ4v) is 2.69. The van der Waals surface area contributed by atoms with Crippen LogP contribution in [0.15, 0.2) is 0 Å². The number of morpholine rings is 1. The monoisotopic (exact) mass is 255 g/mol. The van der Waals surface area contributed by atoms with Crippen molar-refractivity contribution >= 4 is 5.91 Å². The van der Waals surface area contributed by atoms with E-state index in [1.54, 1.807) is 0 Å². The molecule has 0 saturated carbocycles. The molecule has 0 bridgehead atoms. The normalized spacial score (nSPS) is 27.1. The summed E-state index contributed by atoms with van der Waals surface area (Å²) in [5.74, 6) is 0.107. The minimum Gasteiger partial charge on any atom is -0.375 e. The summed E-state index contributed by atoms with van der Waals surface area (Å²) < 4.78 is 5.53. The Kier molecular flexibility index (Phi) is 5.41. The standard InChI is InChI=1S/C13H25N3O2/c1-11(10-16-5-2-3-6-16)15-13(17)8-12-9-14-4-7-18-12/h11-12,14H,2-10H2,1H3,(H,15,17).